The smallest absolute Gasteiger partial charge is 0.189 e. The Labute approximate surface area is 253 Å². The molecule has 5 aromatic carbocycles. The lowest BCUT2D eigenvalue weighted by molar-refractivity contribution is 0.104. The number of ether oxygens (including phenoxy) is 4. The highest BCUT2D eigenvalue weighted by Gasteiger charge is 2.13. The maximum atomic E-state index is 13.5. The van der Waals surface area contributed by atoms with Gasteiger partial charge in [0.05, 0.1) is 12.2 Å². The average molecular weight is 571 g/mol. The highest BCUT2D eigenvalue weighted by Crippen LogP contribution is 2.30. The Morgan fingerprint density at radius 3 is 1.63 bits per heavy atom. The van der Waals surface area contributed by atoms with Gasteiger partial charge in [-0.3, -0.25) is 4.79 Å². The predicted molar refractivity (Wildman–Crippen MR) is 170 cm³/mol. The van der Waals surface area contributed by atoms with Crippen LogP contribution in [-0.2, 0) is 19.8 Å². The van der Waals surface area contributed by atoms with Gasteiger partial charge in [0.2, 0.25) is 0 Å². The molecule has 0 N–H and O–H groups in total. The number of hydrogen-bond acceptors (Lipinski definition) is 5. The first-order valence-electron chi connectivity index (χ1n) is 14.3. The van der Waals surface area contributed by atoms with Crippen LogP contribution in [0.15, 0.2) is 133 Å². The van der Waals surface area contributed by atoms with Gasteiger partial charge in [0.15, 0.2) is 5.78 Å². The zero-order valence-electron chi connectivity index (χ0n) is 24.1. The summed E-state index contributed by atoms with van der Waals surface area (Å²) in [6.07, 6.45) is 3.31. The predicted octanol–water partition coefficient (Wildman–Crippen LogP) is 8.72. The lowest BCUT2D eigenvalue weighted by atomic mass is 10.1. The van der Waals surface area contributed by atoms with Crippen molar-refractivity contribution in [1.82, 2.24) is 0 Å². The van der Waals surface area contributed by atoms with Crippen molar-refractivity contribution in [2.45, 2.75) is 26.7 Å². The van der Waals surface area contributed by atoms with Crippen LogP contribution in [0.25, 0.3) is 6.08 Å². The monoisotopic (exact) mass is 570 g/mol. The minimum absolute atomic E-state index is 0.190. The second kappa shape index (κ2) is 15.1. The van der Waals surface area contributed by atoms with Crippen LogP contribution < -0.4 is 18.9 Å². The summed E-state index contributed by atoms with van der Waals surface area (Å²) in [4.78, 5) is 13.5. The highest BCUT2D eigenvalue weighted by atomic mass is 16.5. The number of rotatable bonds is 14. The molecule has 0 aliphatic carbocycles. The summed E-state index contributed by atoms with van der Waals surface area (Å²) in [5.41, 5.74) is 4.33. The summed E-state index contributed by atoms with van der Waals surface area (Å²) in [6.45, 7) is 3.59. The summed E-state index contributed by atoms with van der Waals surface area (Å²) < 4.78 is 24.0. The third kappa shape index (κ3) is 8.60. The van der Waals surface area contributed by atoms with Crippen molar-refractivity contribution in [1.29, 1.82) is 0 Å². The standard InChI is InChI=1S/C38H34O5/c1-2-40-33-21-22-35(38(25-33)43-28-31-16-10-5-11-17-31)36(39)23-19-32-18-20-34(41-26-29-12-6-3-7-13-29)24-37(32)42-27-30-14-8-4-9-15-30/h3-25H,2,26-28H2,1H3. The Morgan fingerprint density at radius 2 is 1.05 bits per heavy atom. The fourth-order valence-electron chi connectivity index (χ4n) is 4.42. The first kappa shape index (κ1) is 29.2. The Kier molecular flexibility index (Phi) is 10.2. The topological polar surface area (TPSA) is 54.0 Å². The number of carbonyl (C=O) groups is 1. The van der Waals surface area contributed by atoms with Gasteiger partial charge in [-0.05, 0) is 60.0 Å². The molecule has 216 valence electrons. The molecule has 0 fully saturated rings. The summed E-state index contributed by atoms with van der Waals surface area (Å²) in [5.74, 6) is 2.22. The SMILES string of the molecule is CCOc1ccc(C(=O)C=Cc2ccc(OCc3ccccc3)cc2OCc2ccccc2)c(OCc2ccccc2)c1. The molecule has 0 aliphatic heterocycles. The minimum Gasteiger partial charge on any atom is -0.494 e. The van der Waals surface area contributed by atoms with Crippen LogP contribution in [0.4, 0.5) is 0 Å². The molecule has 0 aromatic heterocycles. The van der Waals surface area contributed by atoms with Crippen molar-refractivity contribution in [2.75, 3.05) is 6.61 Å². The molecule has 0 radical (unpaired) electrons. The minimum atomic E-state index is -0.190. The van der Waals surface area contributed by atoms with Gasteiger partial charge in [0.1, 0.15) is 42.8 Å². The van der Waals surface area contributed by atoms with Crippen molar-refractivity contribution in [2.24, 2.45) is 0 Å². The van der Waals surface area contributed by atoms with Gasteiger partial charge < -0.3 is 18.9 Å². The van der Waals surface area contributed by atoms with E-state index in [0.29, 0.717) is 55.0 Å². The number of allylic oxidation sites excluding steroid dienone is 1. The van der Waals surface area contributed by atoms with Crippen LogP contribution >= 0.6 is 0 Å². The van der Waals surface area contributed by atoms with E-state index in [0.717, 1.165) is 22.3 Å². The second-order valence-corrected chi connectivity index (χ2v) is 9.81. The van der Waals surface area contributed by atoms with Crippen LogP contribution in [0.1, 0.15) is 39.5 Å². The van der Waals surface area contributed by atoms with Crippen LogP contribution in [-0.4, -0.2) is 12.4 Å². The van der Waals surface area contributed by atoms with E-state index in [9.17, 15) is 4.79 Å². The van der Waals surface area contributed by atoms with Gasteiger partial charge in [0.25, 0.3) is 0 Å². The largest absolute Gasteiger partial charge is 0.494 e. The Balaban J connectivity index is 1.36. The van der Waals surface area contributed by atoms with Crippen molar-refractivity contribution >= 4 is 11.9 Å². The Morgan fingerprint density at radius 1 is 0.558 bits per heavy atom. The first-order valence-corrected chi connectivity index (χ1v) is 14.3. The van der Waals surface area contributed by atoms with Crippen molar-refractivity contribution in [3.8, 4) is 23.0 Å². The summed E-state index contributed by atoms with van der Waals surface area (Å²) >= 11 is 0. The van der Waals surface area contributed by atoms with Crippen LogP contribution in [0.2, 0.25) is 0 Å². The van der Waals surface area contributed by atoms with E-state index < -0.39 is 0 Å². The van der Waals surface area contributed by atoms with E-state index in [2.05, 4.69) is 0 Å². The lowest BCUT2D eigenvalue weighted by Gasteiger charge is -2.13. The molecule has 0 amide bonds. The summed E-state index contributed by atoms with van der Waals surface area (Å²) in [6, 6.07) is 40.7. The van der Waals surface area contributed by atoms with Crippen molar-refractivity contribution in [3.63, 3.8) is 0 Å². The van der Waals surface area contributed by atoms with E-state index in [4.69, 9.17) is 18.9 Å². The second-order valence-electron chi connectivity index (χ2n) is 9.81. The van der Waals surface area contributed by atoms with Crippen molar-refractivity contribution in [3.05, 3.63) is 161 Å². The van der Waals surface area contributed by atoms with E-state index in [-0.39, 0.29) is 5.78 Å². The van der Waals surface area contributed by atoms with Crippen LogP contribution in [0.3, 0.4) is 0 Å². The molecule has 5 aromatic rings. The third-order valence-corrected chi connectivity index (χ3v) is 6.65. The Bertz CT molecular complexity index is 1630. The number of hydrogen-bond donors (Lipinski definition) is 0. The van der Waals surface area contributed by atoms with Gasteiger partial charge in [-0.1, -0.05) is 91.0 Å². The molecule has 43 heavy (non-hydrogen) atoms. The molecule has 5 heteroatoms. The molecule has 0 saturated heterocycles. The van der Waals surface area contributed by atoms with Gasteiger partial charge in [-0.2, -0.15) is 0 Å². The molecular weight excluding hydrogens is 536 g/mol. The molecular formula is C38H34O5. The lowest BCUT2D eigenvalue weighted by Crippen LogP contribution is -2.04. The van der Waals surface area contributed by atoms with E-state index in [1.807, 2.05) is 116 Å². The van der Waals surface area contributed by atoms with E-state index >= 15 is 0 Å². The summed E-state index contributed by atoms with van der Waals surface area (Å²) in [5, 5.41) is 0. The molecule has 0 unspecified atom stereocenters. The maximum absolute atomic E-state index is 13.5. The fraction of sp³-hybridized carbons (Fsp3) is 0.132. The summed E-state index contributed by atoms with van der Waals surface area (Å²) in [7, 11) is 0. The molecule has 0 aliphatic rings. The van der Waals surface area contributed by atoms with Gasteiger partial charge >= 0.3 is 0 Å². The average Bonchev–Trinajstić information content (AvgIpc) is 3.06. The molecule has 0 spiro atoms. The number of carbonyl (C=O) groups excluding carboxylic acids is 1. The number of benzene rings is 5. The van der Waals surface area contributed by atoms with E-state index in [1.165, 1.54) is 0 Å². The molecule has 0 bridgehead atoms. The van der Waals surface area contributed by atoms with Crippen LogP contribution in [0.5, 0.6) is 23.0 Å². The van der Waals surface area contributed by atoms with Gasteiger partial charge in [-0.15, -0.1) is 0 Å². The molecule has 0 saturated carbocycles. The quantitative estimate of drug-likeness (QED) is 0.0987. The molecule has 5 rings (SSSR count). The first-order chi connectivity index (χ1) is 21.2. The third-order valence-electron chi connectivity index (χ3n) is 6.65. The maximum Gasteiger partial charge on any atom is 0.189 e. The fourth-order valence-corrected chi connectivity index (χ4v) is 4.42. The van der Waals surface area contributed by atoms with Gasteiger partial charge in [-0.25, -0.2) is 0 Å². The zero-order chi connectivity index (χ0) is 29.7. The highest BCUT2D eigenvalue weighted by molar-refractivity contribution is 6.08. The molecule has 5 nitrogen and oxygen atoms in total. The molecule has 0 atom stereocenters. The number of ketones is 1. The van der Waals surface area contributed by atoms with Crippen LogP contribution in [0, 0.1) is 0 Å². The van der Waals surface area contributed by atoms with Crippen molar-refractivity contribution < 1.29 is 23.7 Å². The van der Waals surface area contributed by atoms with E-state index in [1.54, 1.807) is 30.4 Å². The zero-order valence-corrected chi connectivity index (χ0v) is 24.1. The molecule has 0 heterocycles. The normalized spacial score (nSPS) is 10.8. The Hall–Kier alpha value is -5.29. The van der Waals surface area contributed by atoms with Gasteiger partial charge in [0, 0.05) is 17.7 Å².